The first-order valence-electron chi connectivity index (χ1n) is 5.16. The third kappa shape index (κ3) is 8.23. The van der Waals surface area contributed by atoms with E-state index in [0.29, 0.717) is 0 Å². The van der Waals surface area contributed by atoms with Crippen molar-refractivity contribution in [1.29, 1.82) is 0 Å². The zero-order valence-corrected chi connectivity index (χ0v) is 9.50. The monoisotopic (exact) mass is 201 g/mol. The average Bonchev–Trinajstić information content (AvgIpc) is 2.18. The van der Waals surface area contributed by atoms with Crippen molar-refractivity contribution in [3.63, 3.8) is 0 Å². The first-order chi connectivity index (χ1) is 6.85. The Morgan fingerprint density at radius 1 is 1.07 bits per heavy atom. The van der Waals surface area contributed by atoms with E-state index in [1.807, 2.05) is 6.08 Å². The standard InChI is InChI=1S/C11H23NO2/c1-4-7-12(8-5-10-13-2)9-6-11-14-3/h4H,1,5-11H2,2-3H3. The molecule has 0 unspecified atom stereocenters. The molecule has 84 valence electrons. The SMILES string of the molecule is C=CCN(CCCOC)CCCOC. The van der Waals surface area contributed by atoms with E-state index in [0.717, 1.165) is 45.7 Å². The second-order valence-corrected chi connectivity index (χ2v) is 3.28. The van der Waals surface area contributed by atoms with Crippen LogP contribution >= 0.6 is 0 Å². The molecular formula is C11H23NO2. The van der Waals surface area contributed by atoms with Gasteiger partial charge in [0.15, 0.2) is 0 Å². The summed E-state index contributed by atoms with van der Waals surface area (Å²) in [7, 11) is 3.48. The van der Waals surface area contributed by atoms with Gasteiger partial charge in [-0.2, -0.15) is 0 Å². The molecule has 3 heteroatoms. The summed E-state index contributed by atoms with van der Waals surface area (Å²) in [5.41, 5.74) is 0. The van der Waals surface area contributed by atoms with Crippen molar-refractivity contribution in [3.05, 3.63) is 12.7 Å². The van der Waals surface area contributed by atoms with Gasteiger partial charge in [-0.25, -0.2) is 0 Å². The molecule has 0 bridgehead atoms. The number of hydrogen-bond donors (Lipinski definition) is 0. The number of ether oxygens (including phenoxy) is 2. The van der Waals surface area contributed by atoms with Crippen LogP contribution in [0.3, 0.4) is 0 Å². The van der Waals surface area contributed by atoms with E-state index in [9.17, 15) is 0 Å². The van der Waals surface area contributed by atoms with E-state index >= 15 is 0 Å². The van der Waals surface area contributed by atoms with Crippen LogP contribution in [-0.2, 0) is 9.47 Å². The van der Waals surface area contributed by atoms with Gasteiger partial charge in [-0.1, -0.05) is 6.08 Å². The van der Waals surface area contributed by atoms with Gasteiger partial charge in [-0.05, 0) is 12.8 Å². The topological polar surface area (TPSA) is 21.7 Å². The Bertz CT molecular complexity index is 118. The molecule has 0 N–H and O–H groups in total. The minimum absolute atomic E-state index is 0.831. The van der Waals surface area contributed by atoms with Gasteiger partial charge in [0, 0.05) is 47.1 Å². The summed E-state index contributed by atoms with van der Waals surface area (Å²) < 4.78 is 10.0. The van der Waals surface area contributed by atoms with Crippen LogP contribution < -0.4 is 0 Å². The summed E-state index contributed by atoms with van der Waals surface area (Å²) in [6, 6.07) is 0. The molecule has 14 heavy (non-hydrogen) atoms. The minimum atomic E-state index is 0.831. The smallest absolute Gasteiger partial charge is 0.0474 e. The van der Waals surface area contributed by atoms with Crippen molar-refractivity contribution in [2.75, 3.05) is 47.1 Å². The highest BCUT2D eigenvalue weighted by Gasteiger charge is 2.01. The lowest BCUT2D eigenvalue weighted by Crippen LogP contribution is -2.27. The van der Waals surface area contributed by atoms with Crippen LogP contribution in [0.5, 0.6) is 0 Å². The number of hydrogen-bond acceptors (Lipinski definition) is 3. The molecule has 0 saturated carbocycles. The van der Waals surface area contributed by atoms with Gasteiger partial charge in [0.25, 0.3) is 0 Å². The maximum atomic E-state index is 5.02. The average molecular weight is 201 g/mol. The van der Waals surface area contributed by atoms with Crippen molar-refractivity contribution in [3.8, 4) is 0 Å². The van der Waals surface area contributed by atoms with E-state index in [2.05, 4.69) is 11.5 Å². The normalized spacial score (nSPS) is 10.8. The molecule has 0 saturated heterocycles. The lowest BCUT2D eigenvalue weighted by atomic mass is 10.3. The van der Waals surface area contributed by atoms with Crippen molar-refractivity contribution < 1.29 is 9.47 Å². The zero-order valence-electron chi connectivity index (χ0n) is 9.50. The van der Waals surface area contributed by atoms with E-state index in [1.165, 1.54) is 0 Å². The molecule has 0 aromatic rings. The van der Waals surface area contributed by atoms with Crippen molar-refractivity contribution in [1.82, 2.24) is 4.90 Å². The van der Waals surface area contributed by atoms with E-state index in [4.69, 9.17) is 9.47 Å². The van der Waals surface area contributed by atoms with Gasteiger partial charge in [-0.15, -0.1) is 6.58 Å². The number of rotatable bonds is 10. The third-order valence-electron chi connectivity index (χ3n) is 2.03. The van der Waals surface area contributed by atoms with Gasteiger partial charge >= 0.3 is 0 Å². The maximum absolute atomic E-state index is 5.02. The summed E-state index contributed by atoms with van der Waals surface area (Å²) in [5.74, 6) is 0. The minimum Gasteiger partial charge on any atom is -0.385 e. The summed E-state index contributed by atoms with van der Waals surface area (Å²) in [4.78, 5) is 2.37. The quantitative estimate of drug-likeness (QED) is 0.395. The molecule has 0 atom stereocenters. The fourth-order valence-corrected chi connectivity index (χ4v) is 1.34. The molecule has 0 amide bonds. The summed E-state index contributed by atoms with van der Waals surface area (Å²) in [6.45, 7) is 8.51. The van der Waals surface area contributed by atoms with E-state index in [1.54, 1.807) is 14.2 Å². The molecule has 0 rings (SSSR count). The van der Waals surface area contributed by atoms with E-state index in [-0.39, 0.29) is 0 Å². The Labute approximate surface area is 87.7 Å². The van der Waals surface area contributed by atoms with Crippen molar-refractivity contribution >= 4 is 0 Å². The first kappa shape index (κ1) is 13.6. The number of methoxy groups -OCH3 is 2. The maximum Gasteiger partial charge on any atom is 0.0474 e. The van der Waals surface area contributed by atoms with Crippen molar-refractivity contribution in [2.45, 2.75) is 12.8 Å². The Hall–Kier alpha value is -0.380. The van der Waals surface area contributed by atoms with Gasteiger partial charge in [0.05, 0.1) is 0 Å². The van der Waals surface area contributed by atoms with Crippen LogP contribution in [0.25, 0.3) is 0 Å². The summed E-state index contributed by atoms with van der Waals surface area (Å²) >= 11 is 0. The van der Waals surface area contributed by atoms with Gasteiger partial charge < -0.3 is 9.47 Å². The predicted octanol–water partition coefficient (Wildman–Crippen LogP) is 1.55. The van der Waals surface area contributed by atoms with Crippen LogP contribution in [0.2, 0.25) is 0 Å². The van der Waals surface area contributed by atoms with Crippen LogP contribution in [0.15, 0.2) is 12.7 Å². The molecule has 0 aromatic carbocycles. The second-order valence-electron chi connectivity index (χ2n) is 3.28. The van der Waals surface area contributed by atoms with Gasteiger partial charge in [0.1, 0.15) is 0 Å². The predicted molar refractivity (Wildman–Crippen MR) is 59.6 cm³/mol. The molecule has 3 nitrogen and oxygen atoms in total. The first-order valence-corrected chi connectivity index (χ1v) is 5.16. The highest BCUT2D eigenvalue weighted by Crippen LogP contribution is 1.95. The van der Waals surface area contributed by atoms with Gasteiger partial charge in [-0.3, -0.25) is 4.90 Å². The molecule has 0 aliphatic rings. The largest absolute Gasteiger partial charge is 0.385 e. The molecule has 0 fully saturated rings. The second kappa shape index (κ2) is 10.7. The molecule has 0 spiro atoms. The Morgan fingerprint density at radius 2 is 1.57 bits per heavy atom. The zero-order chi connectivity index (χ0) is 10.6. The summed E-state index contributed by atoms with van der Waals surface area (Å²) in [6.07, 6.45) is 4.11. The summed E-state index contributed by atoms with van der Waals surface area (Å²) in [5, 5.41) is 0. The van der Waals surface area contributed by atoms with Gasteiger partial charge in [0.2, 0.25) is 0 Å². The Kier molecular flexibility index (Phi) is 10.4. The molecule has 0 aliphatic carbocycles. The molecule has 0 radical (unpaired) electrons. The molecule has 0 aliphatic heterocycles. The number of nitrogens with zero attached hydrogens (tertiary/aromatic N) is 1. The fourth-order valence-electron chi connectivity index (χ4n) is 1.34. The molecule has 0 heterocycles. The Balaban J connectivity index is 3.49. The Morgan fingerprint density at radius 3 is 1.93 bits per heavy atom. The highest BCUT2D eigenvalue weighted by molar-refractivity contribution is 4.73. The fraction of sp³-hybridized carbons (Fsp3) is 0.818. The lowest BCUT2D eigenvalue weighted by Gasteiger charge is -2.19. The van der Waals surface area contributed by atoms with Crippen LogP contribution in [0.4, 0.5) is 0 Å². The van der Waals surface area contributed by atoms with Crippen molar-refractivity contribution in [2.24, 2.45) is 0 Å². The molecule has 0 aromatic heterocycles. The van der Waals surface area contributed by atoms with Crippen LogP contribution in [0.1, 0.15) is 12.8 Å². The third-order valence-corrected chi connectivity index (χ3v) is 2.03. The lowest BCUT2D eigenvalue weighted by molar-refractivity contribution is 0.158. The highest BCUT2D eigenvalue weighted by atomic mass is 16.5. The van der Waals surface area contributed by atoms with Crippen LogP contribution in [-0.4, -0.2) is 52.0 Å². The van der Waals surface area contributed by atoms with Crippen LogP contribution in [0, 0.1) is 0 Å². The van der Waals surface area contributed by atoms with E-state index < -0.39 is 0 Å². The molecular weight excluding hydrogens is 178 g/mol.